The zero-order chi connectivity index (χ0) is 18.5. The molecule has 0 aliphatic heterocycles. The van der Waals surface area contributed by atoms with E-state index in [1.54, 1.807) is 18.4 Å². The Bertz CT molecular complexity index is 812. The lowest BCUT2D eigenvalue weighted by molar-refractivity contribution is 0.0839. The summed E-state index contributed by atoms with van der Waals surface area (Å²) in [6.07, 6.45) is 1.06. The van der Waals surface area contributed by atoms with Gasteiger partial charge in [-0.3, -0.25) is 9.58 Å². The van der Waals surface area contributed by atoms with E-state index < -0.39 is 6.10 Å². The average Bonchev–Trinajstić information content (AvgIpc) is 3.19. The maximum Gasteiger partial charge on any atom is 0.123 e. The summed E-state index contributed by atoms with van der Waals surface area (Å²) in [4.78, 5) is 2.09. The van der Waals surface area contributed by atoms with Gasteiger partial charge in [0.15, 0.2) is 0 Å². The first-order valence-electron chi connectivity index (χ1n) is 8.68. The Labute approximate surface area is 152 Å². The van der Waals surface area contributed by atoms with Crippen molar-refractivity contribution in [3.8, 4) is 0 Å². The molecule has 2 heterocycles. The molecule has 3 aromatic rings. The van der Waals surface area contributed by atoms with Crippen LogP contribution in [0.25, 0.3) is 0 Å². The van der Waals surface area contributed by atoms with Crippen molar-refractivity contribution in [2.24, 2.45) is 0 Å². The van der Waals surface area contributed by atoms with Crippen LogP contribution in [0.2, 0.25) is 0 Å². The van der Waals surface area contributed by atoms with Gasteiger partial charge in [0.05, 0.1) is 31.2 Å². The minimum Gasteiger partial charge on any atom is -0.468 e. The zero-order valence-corrected chi connectivity index (χ0v) is 15.1. The standard InChI is InChI=1S/C20H24FN3O2/c1-15-10-16(2)24(22-15)13-19(25)12-23(14-20-4-3-9-26-20)11-17-5-7-18(21)8-6-17/h3-10,19,25H,11-14H2,1-2H3/t19-/m0/s1. The lowest BCUT2D eigenvalue weighted by Gasteiger charge is -2.24. The van der Waals surface area contributed by atoms with E-state index in [-0.39, 0.29) is 5.82 Å². The predicted molar refractivity (Wildman–Crippen MR) is 96.9 cm³/mol. The molecule has 0 fully saturated rings. The summed E-state index contributed by atoms with van der Waals surface area (Å²) in [5.74, 6) is 0.571. The number of aryl methyl sites for hydroxylation is 2. The van der Waals surface area contributed by atoms with E-state index in [1.165, 1.54) is 12.1 Å². The fraction of sp³-hybridized carbons (Fsp3) is 0.350. The van der Waals surface area contributed by atoms with E-state index in [0.29, 0.717) is 26.2 Å². The number of rotatable bonds is 8. The van der Waals surface area contributed by atoms with Crippen LogP contribution in [-0.2, 0) is 19.6 Å². The summed E-state index contributed by atoms with van der Waals surface area (Å²) >= 11 is 0. The molecule has 26 heavy (non-hydrogen) atoms. The van der Waals surface area contributed by atoms with Gasteiger partial charge in [-0.2, -0.15) is 5.10 Å². The van der Waals surface area contributed by atoms with Gasteiger partial charge in [-0.1, -0.05) is 12.1 Å². The van der Waals surface area contributed by atoms with Crippen molar-refractivity contribution in [1.29, 1.82) is 0 Å². The normalized spacial score (nSPS) is 12.7. The van der Waals surface area contributed by atoms with Gasteiger partial charge < -0.3 is 9.52 Å². The van der Waals surface area contributed by atoms with Gasteiger partial charge in [0.1, 0.15) is 11.6 Å². The molecular weight excluding hydrogens is 333 g/mol. The van der Waals surface area contributed by atoms with E-state index in [9.17, 15) is 9.50 Å². The molecule has 3 rings (SSSR count). The number of aromatic nitrogens is 2. The number of hydrogen-bond acceptors (Lipinski definition) is 4. The van der Waals surface area contributed by atoms with Crippen LogP contribution in [0.4, 0.5) is 4.39 Å². The average molecular weight is 357 g/mol. The molecule has 0 aliphatic carbocycles. The number of hydrogen-bond donors (Lipinski definition) is 1. The molecule has 0 saturated heterocycles. The van der Waals surface area contributed by atoms with Gasteiger partial charge in [0.2, 0.25) is 0 Å². The number of furan rings is 1. The topological polar surface area (TPSA) is 54.4 Å². The third-order valence-electron chi connectivity index (χ3n) is 4.23. The molecule has 0 saturated carbocycles. The minimum atomic E-state index is -0.580. The van der Waals surface area contributed by atoms with Crippen molar-refractivity contribution in [2.45, 2.75) is 39.6 Å². The Morgan fingerprint density at radius 1 is 1.19 bits per heavy atom. The summed E-state index contributed by atoms with van der Waals surface area (Å²) in [7, 11) is 0. The molecule has 0 radical (unpaired) electrons. The van der Waals surface area contributed by atoms with Gasteiger partial charge in [-0.25, -0.2) is 4.39 Å². The molecule has 0 aliphatic rings. The Balaban J connectivity index is 1.67. The summed E-state index contributed by atoms with van der Waals surface area (Å²) < 4.78 is 20.4. The number of benzene rings is 1. The smallest absolute Gasteiger partial charge is 0.123 e. The molecule has 5 nitrogen and oxygen atoms in total. The molecular formula is C20H24FN3O2. The molecule has 0 bridgehead atoms. The molecule has 6 heteroatoms. The molecule has 138 valence electrons. The Hall–Kier alpha value is -2.44. The molecule has 1 atom stereocenters. The molecule has 0 spiro atoms. The maximum absolute atomic E-state index is 13.1. The second-order valence-electron chi connectivity index (χ2n) is 6.64. The van der Waals surface area contributed by atoms with Crippen LogP contribution >= 0.6 is 0 Å². The highest BCUT2D eigenvalue weighted by Crippen LogP contribution is 2.13. The SMILES string of the molecule is Cc1cc(C)n(C[C@@H](O)CN(Cc2ccc(F)cc2)Cc2ccco2)n1. The number of halogens is 1. The molecule has 2 aromatic heterocycles. The first-order chi connectivity index (χ1) is 12.5. The van der Waals surface area contributed by atoms with E-state index in [4.69, 9.17) is 4.42 Å². The maximum atomic E-state index is 13.1. The van der Waals surface area contributed by atoms with E-state index in [2.05, 4.69) is 10.00 Å². The largest absolute Gasteiger partial charge is 0.468 e. The molecule has 1 aromatic carbocycles. The summed E-state index contributed by atoms with van der Waals surface area (Å²) in [5.41, 5.74) is 2.95. The van der Waals surface area contributed by atoms with Crippen molar-refractivity contribution in [1.82, 2.24) is 14.7 Å². The van der Waals surface area contributed by atoms with Crippen LogP contribution < -0.4 is 0 Å². The van der Waals surface area contributed by atoms with Crippen LogP contribution in [0.1, 0.15) is 22.7 Å². The highest BCUT2D eigenvalue weighted by molar-refractivity contribution is 5.16. The fourth-order valence-electron chi connectivity index (χ4n) is 3.07. The van der Waals surface area contributed by atoms with Crippen molar-refractivity contribution < 1.29 is 13.9 Å². The Morgan fingerprint density at radius 2 is 1.96 bits per heavy atom. The summed E-state index contributed by atoms with van der Waals surface area (Å²) in [5, 5.41) is 15.0. The van der Waals surface area contributed by atoms with Crippen LogP contribution in [0.3, 0.4) is 0 Å². The second-order valence-corrected chi connectivity index (χ2v) is 6.64. The highest BCUT2D eigenvalue weighted by atomic mass is 19.1. The van der Waals surface area contributed by atoms with E-state index >= 15 is 0 Å². The number of nitrogens with zero attached hydrogens (tertiary/aromatic N) is 3. The van der Waals surface area contributed by atoms with Crippen LogP contribution in [0, 0.1) is 19.7 Å². The van der Waals surface area contributed by atoms with Crippen molar-refractivity contribution in [2.75, 3.05) is 6.54 Å². The third kappa shape index (κ3) is 5.03. The minimum absolute atomic E-state index is 0.254. The first-order valence-corrected chi connectivity index (χ1v) is 8.68. The third-order valence-corrected chi connectivity index (χ3v) is 4.23. The van der Waals surface area contributed by atoms with Crippen molar-refractivity contribution >= 4 is 0 Å². The highest BCUT2D eigenvalue weighted by Gasteiger charge is 2.16. The quantitative estimate of drug-likeness (QED) is 0.672. The zero-order valence-electron chi connectivity index (χ0n) is 15.1. The van der Waals surface area contributed by atoms with Crippen LogP contribution in [0.15, 0.2) is 53.1 Å². The Kier molecular flexibility index (Phi) is 5.85. The predicted octanol–water partition coefficient (Wildman–Crippen LogP) is 3.30. The van der Waals surface area contributed by atoms with Gasteiger partial charge in [0, 0.05) is 18.8 Å². The lowest BCUT2D eigenvalue weighted by Crippen LogP contribution is -2.34. The van der Waals surface area contributed by atoms with E-state index in [0.717, 1.165) is 22.7 Å². The Morgan fingerprint density at radius 3 is 2.58 bits per heavy atom. The van der Waals surface area contributed by atoms with E-state index in [1.807, 2.05) is 36.7 Å². The second kappa shape index (κ2) is 8.29. The van der Waals surface area contributed by atoms with Crippen molar-refractivity contribution in [3.63, 3.8) is 0 Å². The number of aliphatic hydroxyl groups is 1. The summed E-state index contributed by atoms with van der Waals surface area (Å²) in [6.45, 7) is 5.96. The monoisotopic (exact) mass is 357 g/mol. The molecule has 0 amide bonds. The van der Waals surface area contributed by atoms with Gasteiger partial charge in [-0.05, 0) is 49.7 Å². The van der Waals surface area contributed by atoms with Gasteiger partial charge in [0.25, 0.3) is 0 Å². The van der Waals surface area contributed by atoms with Crippen molar-refractivity contribution in [3.05, 3.63) is 77.3 Å². The van der Waals surface area contributed by atoms with Crippen LogP contribution in [-0.4, -0.2) is 32.4 Å². The summed E-state index contributed by atoms with van der Waals surface area (Å²) in [6, 6.07) is 12.2. The van der Waals surface area contributed by atoms with Gasteiger partial charge >= 0.3 is 0 Å². The first kappa shape index (κ1) is 18.4. The lowest BCUT2D eigenvalue weighted by atomic mass is 10.2. The van der Waals surface area contributed by atoms with Gasteiger partial charge in [-0.15, -0.1) is 0 Å². The molecule has 0 unspecified atom stereocenters. The van der Waals surface area contributed by atoms with Crippen LogP contribution in [0.5, 0.6) is 0 Å². The number of aliphatic hydroxyl groups excluding tert-OH is 1. The molecule has 1 N–H and O–H groups in total. The fourth-order valence-corrected chi connectivity index (χ4v) is 3.07.